The quantitative estimate of drug-likeness (QED) is 0.877. The maximum absolute atomic E-state index is 12.0. The fraction of sp³-hybridized carbons (Fsp3) is 0.533. The second kappa shape index (κ2) is 6.46. The first-order valence-electron chi connectivity index (χ1n) is 7.79. The van der Waals surface area contributed by atoms with Crippen LogP contribution in [0.1, 0.15) is 19.8 Å². The Morgan fingerprint density at radius 3 is 2.65 bits per heavy atom. The molecule has 0 aliphatic carbocycles. The summed E-state index contributed by atoms with van der Waals surface area (Å²) in [4.78, 5) is 14.1. The number of oxazole rings is 1. The van der Waals surface area contributed by atoms with Crippen molar-refractivity contribution in [3.8, 4) is 0 Å². The lowest BCUT2D eigenvalue weighted by Crippen LogP contribution is -2.45. The van der Waals surface area contributed by atoms with Crippen molar-refractivity contribution in [2.75, 3.05) is 18.8 Å². The molecule has 1 fully saturated rings. The van der Waals surface area contributed by atoms with E-state index in [1.807, 2.05) is 18.2 Å². The van der Waals surface area contributed by atoms with E-state index in [1.165, 1.54) is 0 Å². The van der Waals surface area contributed by atoms with Gasteiger partial charge in [-0.05, 0) is 31.9 Å². The summed E-state index contributed by atoms with van der Waals surface area (Å²) in [6.07, 6.45) is 1.48. The van der Waals surface area contributed by atoms with Gasteiger partial charge in [0.05, 0.1) is 17.9 Å². The normalized spacial score (nSPS) is 17.8. The molecule has 0 amide bonds. The molecule has 1 saturated heterocycles. The van der Waals surface area contributed by atoms with E-state index < -0.39 is 10.0 Å². The molecule has 23 heavy (non-hydrogen) atoms. The van der Waals surface area contributed by atoms with Gasteiger partial charge in [0, 0.05) is 19.1 Å². The van der Waals surface area contributed by atoms with Crippen LogP contribution in [0.4, 0.5) is 0 Å². The maximum atomic E-state index is 12.0. The summed E-state index contributed by atoms with van der Waals surface area (Å²) in [6.45, 7) is 3.57. The number of nitrogens with one attached hydrogen (secondary N) is 1. The van der Waals surface area contributed by atoms with Gasteiger partial charge in [-0.2, -0.15) is 0 Å². The van der Waals surface area contributed by atoms with Crippen molar-refractivity contribution < 1.29 is 12.8 Å². The SMILES string of the molecule is CCS(=O)(=O)NC1CCN(Cn2c(=O)oc3ccccc32)CC1. The van der Waals surface area contributed by atoms with Crippen molar-refractivity contribution in [1.29, 1.82) is 0 Å². The number of sulfonamides is 1. The summed E-state index contributed by atoms with van der Waals surface area (Å²) in [5.74, 6) is -0.260. The standard InChI is InChI=1S/C15H21N3O4S/c1-2-23(20,21)16-12-7-9-17(10-8-12)11-18-13-5-3-4-6-14(13)22-15(18)19/h3-6,12,16H,2,7-11H2,1H3. The summed E-state index contributed by atoms with van der Waals surface area (Å²) in [7, 11) is -3.16. The third-order valence-corrected chi connectivity index (χ3v) is 5.68. The molecule has 0 radical (unpaired) electrons. The number of hydrogen-bond acceptors (Lipinski definition) is 5. The zero-order chi connectivity index (χ0) is 16.4. The van der Waals surface area contributed by atoms with Crippen LogP contribution in [0, 0.1) is 0 Å². The van der Waals surface area contributed by atoms with Crippen LogP contribution < -0.4 is 10.5 Å². The van der Waals surface area contributed by atoms with Crippen LogP contribution in [0.2, 0.25) is 0 Å². The Morgan fingerprint density at radius 1 is 1.26 bits per heavy atom. The van der Waals surface area contributed by atoms with Crippen LogP contribution in [0.3, 0.4) is 0 Å². The van der Waals surface area contributed by atoms with E-state index in [9.17, 15) is 13.2 Å². The largest absolute Gasteiger partial charge is 0.421 e. The molecule has 3 rings (SSSR count). The first-order chi connectivity index (χ1) is 11.0. The molecule has 0 unspecified atom stereocenters. The van der Waals surface area contributed by atoms with Gasteiger partial charge >= 0.3 is 5.76 Å². The number of likely N-dealkylation sites (tertiary alicyclic amines) is 1. The highest BCUT2D eigenvalue weighted by molar-refractivity contribution is 7.89. The van der Waals surface area contributed by atoms with E-state index in [0.29, 0.717) is 12.3 Å². The molecule has 2 aromatic rings. The molecular weight excluding hydrogens is 318 g/mol. The maximum Gasteiger partial charge on any atom is 0.421 e. The molecule has 8 heteroatoms. The molecule has 0 spiro atoms. The number of rotatable bonds is 5. The smallest absolute Gasteiger partial charge is 0.408 e. The Labute approximate surface area is 134 Å². The van der Waals surface area contributed by atoms with Crippen LogP contribution in [0.15, 0.2) is 33.5 Å². The predicted octanol–water partition coefficient (Wildman–Crippen LogP) is 0.956. The monoisotopic (exact) mass is 339 g/mol. The minimum absolute atomic E-state index is 0.0194. The van der Waals surface area contributed by atoms with Crippen LogP contribution >= 0.6 is 0 Å². The molecule has 0 bridgehead atoms. The van der Waals surface area contributed by atoms with Crippen molar-refractivity contribution in [2.45, 2.75) is 32.5 Å². The highest BCUT2D eigenvalue weighted by Crippen LogP contribution is 2.15. The average molecular weight is 339 g/mol. The fourth-order valence-electron chi connectivity index (χ4n) is 2.88. The van der Waals surface area contributed by atoms with Gasteiger partial charge in [0.2, 0.25) is 10.0 Å². The van der Waals surface area contributed by atoms with Crippen molar-refractivity contribution in [3.63, 3.8) is 0 Å². The van der Waals surface area contributed by atoms with Gasteiger partial charge in [-0.3, -0.25) is 9.47 Å². The van der Waals surface area contributed by atoms with Crippen molar-refractivity contribution in [2.24, 2.45) is 0 Å². The van der Waals surface area contributed by atoms with Gasteiger partial charge < -0.3 is 4.42 Å². The van der Waals surface area contributed by atoms with Crippen LogP contribution in [-0.4, -0.2) is 42.8 Å². The molecule has 7 nitrogen and oxygen atoms in total. The van der Waals surface area contributed by atoms with Gasteiger partial charge in [-0.25, -0.2) is 17.9 Å². The Bertz CT molecular complexity index is 832. The molecule has 2 heterocycles. The lowest BCUT2D eigenvalue weighted by molar-refractivity contribution is 0.163. The Kier molecular flexibility index (Phi) is 4.56. The number of nitrogens with zero attached hydrogens (tertiary/aromatic N) is 2. The van der Waals surface area contributed by atoms with Crippen LogP contribution in [-0.2, 0) is 16.7 Å². The van der Waals surface area contributed by atoms with Gasteiger partial charge in [-0.15, -0.1) is 0 Å². The summed E-state index contributed by atoms with van der Waals surface area (Å²) in [5, 5.41) is 0. The van der Waals surface area contributed by atoms with Gasteiger partial charge in [0.1, 0.15) is 0 Å². The van der Waals surface area contributed by atoms with E-state index in [2.05, 4.69) is 9.62 Å². The summed E-state index contributed by atoms with van der Waals surface area (Å²) >= 11 is 0. The molecule has 0 atom stereocenters. The van der Waals surface area contributed by atoms with Crippen LogP contribution in [0.25, 0.3) is 11.1 Å². The molecule has 1 aromatic carbocycles. The molecule has 1 aromatic heterocycles. The third-order valence-electron chi connectivity index (χ3n) is 4.23. The number of hydrogen-bond donors (Lipinski definition) is 1. The number of para-hydroxylation sites is 2. The fourth-order valence-corrected chi connectivity index (χ4v) is 3.79. The zero-order valence-electron chi connectivity index (χ0n) is 13.1. The van der Waals surface area contributed by atoms with E-state index in [-0.39, 0.29) is 17.6 Å². The van der Waals surface area contributed by atoms with E-state index in [4.69, 9.17) is 4.42 Å². The van der Waals surface area contributed by atoms with E-state index in [1.54, 1.807) is 17.6 Å². The van der Waals surface area contributed by atoms with Gasteiger partial charge in [-0.1, -0.05) is 12.1 Å². The lowest BCUT2D eigenvalue weighted by atomic mass is 10.1. The number of fused-ring (bicyclic) bond motifs is 1. The predicted molar refractivity (Wildman–Crippen MR) is 87.7 cm³/mol. The lowest BCUT2D eigenvalue weighted by Gasteiger charge is -2.31. The van der Waals surface area contributed by atoms with E-state index in [0.717, 1.165) is 31.4 Å². The van der Waals surface area contributed by atoms with E-state index >= 15 is 0 Å². The number of aromatic nitrogens is 1. The molecule has 1 aliphatic heterocycles. The number of benzene rings is 1. The second-order valence-electron chi connectivity index (χ2n) is 5.82. The van der Waals surface area contributed by atoms with Crippen molar-refractivity contribution in [1.82, 2.24) is 14.2 Å². The Morgan fingerprint density at radius 2 is 1.96 bits per heavy atom. The number of piperidine rings is 1. The van der Waals surface area contributed by atoms with Gasteiger partial charge in [0.25, 0.3) is 0 Å². The van der Waals surface area contributed by atoms with Gasteiger partial charge in [0.15, 0.2) is 5.58 Å². The minimum atomic E-state index is -3.16. The first kappa shape index (κ1) is 16.2. The zero-order valence-corrected chi connectivity index (χ0v) is 13.9. The molecule has 1 N–H and O–H groups in total. The molecular formula is C15H21N3O4S. The summed E-state index contributed by atoms with van der Waals surface area (Å²) in [5.41, 5.74) is 1.37. The molecule has 0 saturated carbocycles. The minimum Gasteiger partial charge on any atom is -0.408 e. The highest BCUT2D eigenvalue weighted by Gasteiger charge is 2.23. The Hall–Kier alpha value is -1.64. The topological polar surface area (TPSA) is 84.5 Å². The molecule has 126 valence electrons. The molecule has 1 aliphatic rings. The van der Waals surface area contributed by atoms with Crippen molar-refractivity contribution in [3.05, 3.63) is 34.8 Å². The van der Waals surface area contributed by atoms with Crippen molar-refractivity contribution >= 4 is 21.1 Å². The van der Waals surface area contributed by atoms with Crippen LogP contribution in [0.5, 0.6) is 0 Å². The highest BCUT2D eigenvalue weighted by atomic mass is 32.2. The second-order valence-corrected chi connectivity index (χ2v) is 7.86. The summed E-state index contributed by atoms with van der Waals surface area (Å²) in [6, 6.07) is 7.33. The Balaban J connectivity index is 1.65. The summed E-state index contributed by atoms with van der Waals surface area (Å²) < 4.78 is 32.8. The third kappa shape index (κ3) is 3.65. The first-order valence-corrected chi connectivity index (χ1v) is 9.44. The average Bonchev–Trinajstić information content (AvgIpc) is 2.85.